The van der Waals surface area contributed by atoms with Crippen LogP contribution >= 0.6 is 0 Å². The van der Waals surface area contributed by atoms with Crippen LogP contribution in [0.25, 0.3) is 11.1 Å². The zero-order valence-corrected chi connectivity index (χ0v) is 19.5. The predicted octanol–water partition coefficient (Wildman–Crippen LogP) is -0.820. The first-order chi connectivity index (χ1) is 11.7. The monoisotopic (exact) mass is 476 g/mol. The van der Waals surface area contributed by atoms with E-state index in [0.29, 0.717) is 0 Å². The smallest absolute Gasteiger partial charge is 1.00 e. The third-order valence-corrected chi connectivity index (χ3v) is 5.76. The van der Waals surface area contributed by atoms with Gasteiger partial charge in [0.05, 0.1) is 0 Å². The summed E-state index contributed by atoms with van der Waals surface area (Å²) in [6, 6.07) is 15.5. The molecule has 4 rings (SSSR count). The first-order valence-electron chi connectivity index (χ1n) is 8.92. The summed E-state index contributed by atoms with van der Waals surface area (Å²) in [6.07, 6.45) is 10.6. The Morgan fingerprint density at radius 2 is 1.74 bits per heavy atom. The van der Waals surface area contributed by atoms with Gasteiger partial charge in [0.2, 0.25) is 0 Å². The van der Waals surface area contributed by atoms with Gasteiger partial charge in [0, 0.05) is 12.0 Å². The maximum atomic E-state index is 9.42. The molecule has 0 fully saturated rings. The molecule has 0 aromatic heterocycles. The van der Waals surface area contributed by atoms with Crippen molar-refractivity contribution in [1.29, 1.82) is 0 Å². The number of aliphatic hydroxyl groups is 1. The second-order valence-electron chi connectivity index (χ2n) is 7.15. The molecule has 2 aromatic rings. The number of allylic oxidation sites excluding steroid dienone is 4. The molecule has 0 heterocycles. The van der Waals surface area contributed by atoms with Crippen LogP contribution in [0.15, 0.2) is 66.3 Å². The van der Waals surface area contributed by atoms with Crippen LogP contribution < -0.4 is 24.8 Å². The van der Waals surface area contributed by atoms with Gasteiger partial charge < -0.3 is 29.9 Å². The molecule has 0 aliphatic heterocycles. The molecule has 2 aliphatic carbocycles. The van der Waals surface area contributed by atoms with Gasteiger partial charge in [0.25, 0.3) is 0 Å². The second-order valence-corrected chi connectivity index (χ2v) is 7.15. The molecule has 27 heavy (non-hydrogen) atoms. The quantitative estimate of drug-likeness (QED) is 0.508. The number of aliphatic hydroxyl groups excluding tert-OH is 1. The molecule has 1 nitrogen and oxygen atoms in total. The summed E-state index contributed by atoms with van der Waals surface area (Å²) in [5.41, 5.74) is 8.61. The van der Waals surface area contributed by atoms with Gasteiger partial charge in [-0.1, -0.05) is 73.2 Å². The molecule has 2 aliphatic rings. The molecule has 0 saturated heterocycles. The van der Waals surface area contributed by atoms with Gasteiger partial charge in [-0.25, -0.2) is 0 Å². The predicted molar refractivity (Wildman–Crippen MR) is 100 cm³/mol. The Balaban J connectivity index is 0.00000121. The average Bonchev–Trinajstić information content (AvgIpc) is 3.27. The van der Waals surface area contributed by atoms with Gasteiger partial charge in [0.15, 0.2) is 0 Å². The SMILES string of the molecule is CC(CCCO)(C1=CC=CC1)c1cccc2c1Cc1ccccc1-2.[Cl-].[Cl-].[Zr+2]. The van der Waals surface area contributed by atoms with Crippen LogP contribution in [0.3, 0.4) is 0 Å². The first kappa shape index (κ1) is 24.4. The van der Waals surface area contributed by atoms with Gasteiger partial charge in [0.1, 0.15) is 0 Å². The number of hydrogen-bond acceptors (Lipinski definition) is 1. The Kier molecular flexibility index (Phi) is 9.22. The molecule has 0 bridgehead atoms. The molecule has 140 valence electrons. The third-order valence-electron chi connectivity index (χ3n) is 5.76. The molecule has 1 N–H and O–H groups in total. The van der Waals surface area contributed by atoms with Gasteiger partial charge in [-0.15, -0.1) is 0 Å². The zero-order chi connectivity index (χ0) is 16.6. The molecule has 0 saturated carbocycles. The van der Waals surface area contributed by atoms with E-state index in [9.17, 15) is 5.11 Å². The van der Waals surface area contributed by atoms with Crippen LogP contribution in [0, 0.1) is 0 Å². The maximum Gasteiger partial charge on any atom is 2.00 e. The Morgan fingerprint density at radius 3 is 2.44 bits per heavy atom. The van der Waals surface area contributed by atoms with E-state index < -0.39 is 0 Å². The molecular formula is C23H24Cl2OZr. The van der Waals surface area contributed by atoms with E-state index in [4.69, 9.17) is 0 Å². The van der Waals surface area contributed by atoms with E-state index in [1.54, 1.807) is 0 Å². The van der Waals surface area contributed by atoms with E-state index in [-0.39, 0.29) is 63.0 Å². The topological polar surface area (TPSA) is 20.2 Å². The van der Waals surface area contributed by atoms with Crippen molar-refractivity contribution in [2.24, 2.45) is 0 Å². The van der Waals surface area contributed by atoms with E-state index >= 15 is 0 Å². The second kappa shape index (κ2) is 10.2. The Morgan fingerprint density at radius 1 is 1.00 bits per heavy atom. The standard InChI is InChI=1S/C23H24O.2ClH.Zr/c1-23(14-7-15-24,18-9-3-4-10-18)22-13-6-12-20-19-11-5-2-8-17(19)16-21(20)22;;;/h2-6,8-9,11-13,24H,7,10,14-16H2,1H3;2*1H;/q;;;+2/p-2. The van der Waals surface area contributed by atoms with Crippen molar-refractivity contribution in [2.75, 3.05) is 6.61 Å². The molecule has 1 unspecified atom stereocenters. The largest absolute Gasteiger partial charge is 2.00 e. The van der Waals surface area contributed by atoms with Crippen molar-refractivity contribution in [3.8, 4) is 11.1 Å². The Labute approximate surface area is 193 Å². The molecule has 2 aromatic carbocycles. The van der Waals surface area contributed by atoms with Gasteiger partial charge in [-0.05, 0) is 53.5 Å². The van der Waals surface area contributed by atoms with E-state index in [0.717, 1.165) is 25.7 Å². The maximum absolute atomic E-state index is 9.42. The summed E-state index contributed by atoms with van der Waals surface area (Å²) in [5, 5.41) is 9.42. The zero-order valence-electron chi connectivity index (χ0n) is 15.5. The van der Waals surface area contributed by atoms with E-state index in [2.05, 4.69) is 67.6 Å². The average molecular weight is 479 g/mol. The third kappa shape index (κ3) is 4.35. The molecule has 0 spiro atoms. The number of halogens is 2. The van der Waals surface area contributed by atoms with Crippen molar-refractivity contribution in [1.82, 2.24) is 0 Å². The van der Waals surface area contributed by atoms with Crippen LogP contribution in [-0.4, -0.2) is 11.7 Å². The van der Waals surface area contributed by atoms with Crippen molar-refractivity contribution in [3.63, 3.8) is 0 Å². The van der Waals surface area contributed by atoms with Crippen molar-refractivity contribution >= 4 is 0 Å². The van der Waals surface area contributed by atoms with Crippen molar-refractivity contribution in [2.45, 2.75) is 38.0 Å². The van der Waals surface area contributed by atoms with Gasteiger partial charge in [-0.2, -0.15) is 0 Å². The molecule has 1 atom stereocenters. The van der Waals surface area contributed by atoms with Gasteiger partial charge >= 0.3 is 26.2 Å². The fourth-order valence-corrected chi connectivity index (χ4v) is 4.43. The van der Waals surface area contributed by atoms with Crippen LogP contribution in [0.1, 0.15) is 42.9 Å². The summed E-state index contributed by atoms with van der Waals surface area (Å²) in [5.74, 6) is 0. The van der Waals surface area contributed by atoms with Gasteiger partial charge in [-0.3, -0.25) is 0 Å². The normalized spacial score (nSPS) is 15.4. The molecule has 0 amide bonds. The Bertz CT molecular complexity index is 844. The fourth-order valence-electron chi connectivity index (χ4n) is 4.43. The number of rotatable bonds is 5. The minimum atomic E-state index is -0.000381. The minimum Gasteiger partial charge on any atom is -1.00 e. The van der Waals surface area contributed by atoms with E-state index in [1.807, 2.05) is 0 Å². The summed E-state index contributed by atoms with van der Waals surface area (Å²) < 4.78 is 0. The summed E-state index contributed by atoms with van der Waals surface area (Å²) in [7, 11) is 0. The van der Waals surface area contributed by atoms with Crippen LogP contribution in [0.2, 0.25) is 0 Å². The number of benzene rings is 2. The summed E-state index contributed by atoms with van der Waals surface area (Å²) >= 11 is 0. The molecular weight excluding hydrogens is 454 g/mol. The Hall–Kier alpha value is -0.657. The summed E-state index contributed by atoms with van der Waals surface area (Å²) in [6.45, 7) is 2.62. The molecule has 0 radical (unpaired) electrons. The van der Waals surface area contributed by atoms with Crippen molar-refractivity contribution in [3.05, 3.63) is 83.0 Å². The first-order valence-corrected chi connectivity index (χ1v) is 8.92. The van der Waals surface area contributed by atoms with Crippen LogP contribution in [0.5, 0.6) is 0 Å². The fraction of sp³-hybridized carbons (Fsp3) is 0.304. The molecule has 4 heteroatoms. The van der Waals surface area contributed by atoms with E-state index in [1.165, 1.54) is 33.4 Å². The van der Waals surface area contributed by atoms with Crippen LogP contribution in [-0.2, 0) is 38.0 Å². The number of hydrogen-bond donors (Lipinski definition) is 1. The van der Waals surface area contributed by atoms with Crippen LogP contribution in [0.4, 0.5) is 0 Å². The minimum absolute atomic E-state index is 0. The van der Waals surface area contributed by atoms with Crippen molar-refractivity contribution < 1.29 is 56.1 Å². The number of fused-ring (bicyclic) bond motifs is 3. The summed E-state index contributed by atoms with van der Waals surface area (Å²) in [4.78, 5) is 0.